The highest BCUT2D eigenvalue weighted by Crippen LogP contribution is 2.34. The number of piperazine rings is 1. The van der Waals surface area contributed by atoms with E-state index in [2.05, 4.69) is 57.4 Å². The van der Waals surface area contributed by atoms with E-state index in [1.807, 2.05) is 0 Å². The van der Waals surface area contributed by atoms with Gasteiger partial charge in [0, 0.05) is 56.3 Å². The van der Waals surface area contributed by atoms with Crippen LogP contribution in [0, 0.1) is 11.3 Å². The lowest BCUT2D eigenvalue weighted by Crippen LogP contribution is -2.55. The summed E-state index contributed by atoms with van der Waals surface area (Å²) >= 11 is 0. The Morgan fingerprint density at radius 2 is 2.11 bits per heavy atom. The molecule has 0 amide bonds. The van der Waals surface area contributed by atoms with Crippen LogP contribution in [0.15, 0.2) is 24.3 Å². The van der Waals surface area contributed by atoms with Gasteiger partial charge in [-0.3, -0.25) is 4.90 Å². The summed E-state index contributed by atoms with van der Waals surface area (Å²) in [5, 5.41) is 12.7. The molecule has 9 heteroatoms. The topological polar surface area (TPSA) is 89.8 Å². The van der Waals surface area contributed by atoms with Gasteiger partial charge in [-0.05, 0) is 39.3 Å². The van der Waals surface area contributed by atoms with E-state index in [-0.39, 0.29) is 12.1 Å². The van der Waals surface area contributed by atoms with Gasteiger partial charge in [0.25, 0.3) is 0 Å². The zero-order valence-electron chi connectivity index (χ0n) is 21.9. The number of morpholine rings is 1. The summed E-state index contributed by atoms with van der Waals surface area (Å²) in [6.07, 6.45) is 14.7. The molecule has 3 fully saturated rings. The summed E-state index contributed by atoms with van der Waals surface area (Å²) in [6, 6.07) is 4.13. The fraction of sp³-hybridized carbons (Fsp3) is 0.679. The molecule has 0 spiro atoms. The third-order valence-corrected chi connectivity index (χ3v) is 8.74. The first-order valence-corrected chi connectivity index (χ1v) is 14.0. The zero-order valence-corrected chi connectivity index (χ0v) is 21.9. The van der Waals surface area contributed by atoms with Gasteiger partial charge in [-0.25, -0.2) is 0 Å². The number of hydrogen-bond acceptors (Lipinski definition) is 9. The molecule has 1 aromatic rings. The molecule has 0 radical (unpaired) electrons. The summed E-state index contributed by atoms with van der Waals surface area (Å²) in [5.41, 5.74) is 2.40. The molecule has 3 aliphatic heterocycles. The number of fused-ring (bicyclic) bond motifs is 2. The Morgan fingerprint density at radius 3 is 2.97 bits per heavy atom. The van der Waals surface area contributed by atoms with Crippen LogP contribution in [0.5, 0.6) is 6.01 Å². The van der Waals surface area contributed by atoms with Gasteiger partial charge in [-0.1, -0.05) is 24.3 Å². The molecule has 0 aromatic carbocycles. The van der Waals surface area contributed by atoms with Crippen LogP contribution in [0.4, 0.5) is 5.82 Å². The second-order valence-corrected chi connectivity index (χ2v) is 11.0. The van der Waals surface area contributed by atoms with Crippen molar-refractivity contribution in [3.63, 3.8) is 0 Å². The maximum Gasteiger partial charge on any atom is 0.318 e. The molecule has 37 heavy (non-hydrogen) atoms. The average molecular weight is 506 g/mol. The number of nitrogens with zero attached hydrogens (tertiary/aromatic N) is 6. The Morgan fingerprint density at radius 1 is 1.19 bits per heavy atom. The lowest BCUT2D eigenvalue weighted by atomic mass is 9.88. The summed E-state index contributed by atoms with van der Waals surface area (Å²) in [4.78, 5) is 17.4. The van der Waals surface area contributed by atoms with Crippen LogP contribution in [0.25, 0.3) is 0 Å². The maximum absolute atomic E-state index is 9.26. The zero-order chi connectivity index (χ0) is 25.2. The van der Waals surface area contributed by atoms with E-state index in [0.717, 1.165) is 76.5 Å². The number of nitrogens with one attached hydrogen (secondary N) is 1. The van der Waals surface area contributed by atoms with Gasteiger partial charge in [0.15, 0.2) is 0 Å². The molecular weight excluding hydrogens is 466 g/mol. The lowest BCUT2D eigenvalue weighted by molar-refractivity contribution is -0.0513. The molecule has 5 aliphatic rings. The quantitative estimate of drug-likeness (QED) is 0.620. The predicted molar refractivity (Wildman–Crippen MR) is 142 cm³/mol. The smallest absolute Gasteiger partial charge is 0.318 e. The third kappa shape index (κ3) is 5.26. The maximum atomic E-state index is 9.26. The largest absolute Gasteiger partial charge is 0.462 e. The molecular formula is C28H39N7O2. The summed E-state index contributed by atoms with van der Waals surface area (Å²) in [6.45, 7) is 5.98. The highest BCUT2D eigenvalue weighted by Gasteiger charge is 2.37. The van der Waals surface area contributed by atoms with Crippen molar-refractivity contribution >= 4 is 5.82 Å². The Balaban J connectivity index is 1.26. The van der Waals surface area contributed by atoms with Crippen LogP contribution in [0.1, 0.15) is 36.9 Å². The van der Waals surface area contributed by atoms with E-state index in [9.17, 15) is 5.26 Å². The van der Waals surface area contributed by atoms with Crippen molar-refractivity contribution in [2.24, 2.45) is 0 Å². The van der Waals surface area contributed by atoms with Crippen LogP contribution < -0.4 is 15.0 Å². The minimum absolute atomic E-state index is 0.140. The first-order chi connectivity index (χ1) is 18.2. The van der Waals surface area contributed by atoms with Gasteiger partial charge < -0.3 is 24.6 Å². The minimum atomic E-state index is 0.140. The van der Waals surface area contributed by atoms with Gasteiger partial charge in [0.2, 0.25) is 0 Å². The first kappa shape index (κ1) is 24.8. The summed E-state index contributed by atoms with van der Waals surface area (Å²) in [5.74, 6) is 1.02. The fourth-order valence-electron chi connectivity index (χ4n) is 6.69. The molecule has 2 aliphatic carbocycles. The van der Waals surface area contributed by atoms with Crippen LogP contribution in [-0.4, -0.2) is 103 Å². The molecule has 1 N–H and O–H groups in total. The normalized spacial score (nSPS) is 32.1. The van der Waals surface area contributed by atoms with Gasteiger partial charge in [-0.15, -0.1) is 0 Å². The number of rotatable bonds is 6. The molecule has 9 nitrogen and oxygen atoms in total. The number of aromatic nitrogens is 2. The molecule has 0 saturated carbocycles. The lowest BCUT2D eigenvalue weighted by Gasteiger charge is -2.45. The number of ether oxygens (including phenoxy) is 2. The fourth-order valence-corrected chi connectivity index (χ4v) is 6.69. The van der Waals surface area contributed by atoms with Crippen molar-refractivity contribution in [3.8, 4) is 12.1 Å². The molecule has 1 aromatic heterocycles. The number of likely N-dealkylation sites (tertiary alicyclic amines) is 1. The first-order valence-electron chi connectivity index (χ1n) is 14.0. The Kier molecular flexibility index (Phi) is 7.43. The number of hydrogen-bond donors (Lipinski definition) is 1. The van der Waals surface area contributed by atoms with Crippen molar-refractivity contribution < 1.29 is 9.47 Å². The average Bonchev–Trinajstić information content (AvgIpc) is 3.35. The molecule has 198 valence electrons. The SMILES string of the molecule is CN1CCC[C@H]1COc1nc2c(c(N3CCN[C@@H](CC#N)C3)n1)CCC(N1CCOC3C=CC=CC31)C2. The second kappa shape index (κ2) is 11.1. The van der Waals surface area contributed by atoms with Gasteiger partial charge >= 0.3 is 6.01 Å². The van der Waals surface area contributed by atoms with E-state index < -0.39 is 0 Å². The summed E-state index contributed by atoms with van der Waals surface area (Å²) in [7, 11) is 2.17. The van der Waals surface area contributed by atoms with Crippen LogP contribution >= 0.6 is 0 Å². The second-order valence-electron chi connectivity index (χ2n) is 11.0. The molecule has 3 saturated heterocycles. The van der Waals surface area contributed by atoms with Gasteiger partial charge in [0.1, 0.15) is 12.4 Å². The third-order valence-electron chi connectivity index (χ3n) is 8.74. The van der Waals surface area contributed by atoms with Crippen molar-refractivity contribution in [3.05, 3.63) is 35.6 Å². The van der Waals surface area contributed by atoms with E-state index >= 15 is 0 Å². The molecule has 4 heterocycles. The van der Waals surface area contributed by atoms with Crippen LogP contribution in [0.2, 0.25) is 0 Å². The molecule has 0 bridgehead atoms. The molecule has 5 atom stereocenters. The van der Waals surface area contributed by atoms with Crippen molar-refractivity contribution in [1.29, 1.82) is 5.26 Å². The van der Waals surface area contributed by atoms with E-state index in [0.29, 0.717) is 37.2 Å². The van der Waals surface area contributed by atoms with E-state index in [1.165, 1.54) is 12.0 Å². The number of allylic oxidation sites excluding steroid dienone is 2. The predicted octanol–water partition coefficient (Wildman–Crippen LogP) is 1.69. The number of nitriles is 1. The summed E-state index contributed by atoms with van der Waals surface area (Å²) < 4.78 is 12.3. The monoisotopic (exact) mass is 505 g/mol. The van der Waals surface area contributed by atoms with Gasteiger partial charge in [-0.2, -0.15) is 15.2 Å². The molecule has 6 rings (SSSR count). The minimum Gasteiger partial charge on any atom is -0.462 e. The van der Waals surface area contributed by atoms with Crippen LogP contribution in [0.3, 0.4) is 0 Å². The standard InChI is InChI=1S/C28H39N7O2/c1-33-13-4-5-22(33)19-37-28-31-24-17-21(35-15-16-36-26-7-3-2-6-25(26)35)8-9-23(24)27(32-28)34-14-12-30-20(18-34)10-11-29/h2-3,6-7,20-22,25-26,30H,4-5,8-10,12-19H2,1H3/t20-,21?,22-,25?,26?/m0/s1. The number of likely N-dealkylation sites (N-methyl/N-ethyl adjacent to an activating group) is 1. The van der Waals surface area contributed by atoms with E-state index in [1.54, 1.807) is 0 Å². The Hall–Kier alpha value is -2.51. The highest BCUT2D eigenvalue weighted by atomic mass is 16.5. The van der Waals surface area contributed by atoms with Crippen LogP contribution in [-0.2, 0) is 17.6 Å². The highest BCUT2D eigenvalue weighted by molar-refractivity contribution is 5.52. The van der Waals surface area contributed by atoms with Crippen molar-refractivity contribution in [2.45, 2.75) is 68.8 Å². The Labute approximate surface area is 220 Å². The van der Waals surface area contributed by atoms with E-state index in [4.69, 9.17) is 19.4 Å². The van der Waals surface area contributed by atoms with Gasteiger partial charge in [0.05, 0.1) is 36.9 Å². The Bertz CT molecular complexity index is 1070. The molecule has 3 unspecified atom stereocenters. The number of anilines is 1. The van der Waals surface area contributed by atoms with Crippen molar-refractivity contribution in [1.82, 2.24) is 25.1 Å². The van der Waals surface area contributed by atoms with Crippen molar-refractivity contribution in [2.75, 3.05) is 57.9 Å².